The third-order valence-electron chi connectivity index (χ3n) is 2.10. The summed E-state index contributed by atoms with van der Waals surface area (Å²) in [6.07, 6.45) is 3.07. The molecular formula is C12H17BrN2O. The van der Waals surface area contributed by atoms with Crippen LogP contribution in [-0.2, 0) is 4.79 Å². The Labute approximate surface area is 105 Å². The van der Waals surface area contributed by atoms with Gasteiger partial charge in [0.25, 0.3) is 0 Å². The molecule has 0 aliphatic carbocycles. The molecule has 0 atom stereocenters. The van der Waals surface area contributed by atoms with Crippen LogP contribution in [0.4, 0.5) is 5.82 Å². The van der Waals surface area contributed by atoms with Crippen LogP contribution in [-0.4, -0.2) is 10.9 Å². The summed E-state index contributed by atoms with van der Waals surface area (Å²) < 4.78 is 0.903. The highest BCUT2D eigenvalue weighted by atomic mass is 79.9. The minimum absolute atomic E-state index is 0.0183. The molecule has 1 heterocycles. The fourth-order valence-electron chi connectivity index (χ4n) is 1.14. The van der Waals surface area contributed by atoms with Crippen molar-refractivity contribution < 1.29 is 4.79 Å². The van der Waals surface area contributed by atoms with E-state index in [0.717, 1.165) is 10.9 Å². The first kappa shape index (κ1) is 13.2. The molecule has 0 saturated carbocycles. The van der Waals surface area contributed by atoms with Gasteiger partial charge in [0.1, 0.15) is 5.82 Å². The smallest absolute Gasteiger partial charge is 0.225 e. The summed E-state index contributed by atoms with van der Waals surface area (Å²) in [7, 11) is 0. The van der Waals surface area contributed by atoms with Gasteiger partial charge < -0.3 is 5.32 Å². The molecule has 0 saturated heterocycles. The van der Waals surface area contributed by atoms with Gasteiger partial charge in [0.05, 0.1) is 0 Å². The number of rotatable bonds is 3. The summed E-state index contributed by atoms with van der Waals surface area (Å²) in [5, 5.41) is 2.77. The first-order valence-corrected chi connectivity index (χ1v) is 6.07. The molecule has 0 bridgehead atoms. The number of hydrogen-bond donors (Lipinski definition) is 1. The number of nitrogens with one attached hydrogen (secondary N) is 1. The van der Waals surface area contributed by atoms with Gasteiger partial charge in [-0.15, -0.1) is 0 Å². The second-order valence-corrected chi connectivity index (χ2v) is 5.89. The van der Waals surface area contributed by atoms with Gasteiger partial charge in [-0.2, -0.15) is 0 Å². The summed E-state index contributed by atoms with van der Waals surface area (Å²) >= 11 is 3.29. The maximum absolute atomic E-state index is 11.6. The monoisotopic (exact) mass is 284 g/mol. The first-order valence-electron chi connectivity index (χ1n) is 5.28. The molecule has 0 spiro atoms. The van der Waals surface area contributed by atoms with Crippen LogP contribution in [0.25, 0.3) is 0 Å². The van der Waals surface area contributed by atoms with Crippen LogP contribution < -0.4 is 5.32 Å². The van der Waals surface area contributed by atoms with Crippen LogP contribution >= 0.6 is 15.9 Å². The third kappa shape index (κ3) is 5.26. The lowest BCUT2D eigenvalue weighted by atomic mass is 9.90. The molecule has 16 heavy (non-hydrogen) atoms. The Morgan fingerprint density at radius 3 is 2.62 bits per heavy atom. The molecule has 0 fully saturated rings. The van der Waals surface area contributed by atoms with Gasteiger partial charge in [0.2, 0.25) is 5.91 Å². The molecule has 0 aliphatic heterocycles. The molecule has 88 valence electrons. The Kier molecular flexibility index (Phi) is 4.47. The van der Waals surface area contributed by atoms with Crippen molar-refractivity contribution in [2.75, 3.05) is 5.32 Å². The maximum atomic E-state index is 11.6. The van der Waals surface area contributed by atoms with E-state index in [4.69, 9.17) is 0 Å². The number of carbonyl (C=O) groups is 1. The minimum Gasteiger partial charge on any atom is -0.311 e. The summed E-state index contributed by atoms with van der Waals surface area (Å²) in [4.78, 5) is 15.7. The lowest BCUT2D eigenvalue weighted by Crippen LogP contribution is -2.16. The van der Waals surface area contributed by atoms with Crippen molar-refractivity contribution in [3.63, 3.8) is 0 Å². The quantitative estimate of drug-likeness (QED) is 0.921. The Morgan fingerprint density at radius 2 is 2.12 bits per heavy atom. The lowest BCUT2D eigenvalue weighted by molar-refractivity contribution is -0.116. The topological polar surface area (TPSA) is 42.0 Å². The molecule has 0 aromatic carbocycles. The zero-order chi connectivity index (χ0) is 12.2. The molecule has 1 rings (SSSR count). The number of pyridine rings is 1. The summed E-state index contributed by atoms with van der Waals surface area (Å²) in [5.41, 5.74) is 0.185. The molecular weight excluding hydrogens is 268 g/mol. The summed E-state index contributed by atoms with van der Waals surface area (Å²) in [5.74, 6) is 0.617. The molecule has 3 nitrogen and oxygen atoms in total. The number of aromatic nitrogens is 1. The predicted octanol–water partition coefficient (Wildman–Crippen LogP) is 3.61. The molecule has 1 aromatic rings. The van der Waals surface area contributed by atoms with Gasteiger partial charge in [-0.3, -0.25) is 4.79 Å². The zero-order valence-electron chi connectivity index (χ0n) is 9.88. The molecule has 1 amide bonds. The second-order valence-electron chi connectivity index (χ2n) is 4.97. The van der Waals surface area contributed by atoms with Crippen molar-refractivity contribution in [1.82, 2.24) is 4.98 Å². The van der Waals surface area contributed by atoms with Gasteiger partial charge >= 0.3 is 0 Å². The van der Waals surface area contributed by atoms with E-state index in [1.54, 1.807) is 12.3 Å². The highest BCUT2D eigenvalue weighted by molar-refractivity contribution is 9.10. The highest BCUT2D eigenvalue weighted by Gasteiger charge is 2.13. The number of hydrogen-bond acceptors (Lipinski definition) is 2. The summed E-state index contributed by atoms with van der Waals surface area (Å²) in [6, 6.07) is 3.63. The van der Waals surface area contributed by atoms with Crippen molar-refractivity contribution in [2.45, 2.75) is 33.6 Å². The number of nitrogens with zero attached hydrogens (tertiary/aromatic N) is 1. The average molecular weight is 285 g/mol. The molecule has 1 aromatic heterocycles. The van der Waals surface area contributed by atoms with Crippen LogP contribution in [0.3, 0.4) is 0 Å². The van der Waals surface area contributed by atoms with Crippen LogP contribution in [0.1, 0.15) is 33.6 Å². The zero-order valence-corrected chi connectivity index (χ0v) is 11.5. The largest absolute Gasteiger partial charge is 0.311 e. The van der Waals surface area contributed by atoms with Gasteiger partial charge in [0, 0.05) is 17.1 Å². The first-order chi connectivity index (χ1) is 7.37. The fourth-order valence-corrected chi connectivity index (χ4v) is 1.38. The SMILES string of the molecule is CC(C)(C)CCC(=O)Nc1ccc(Br)cn1. The third-order valence-corrected chi connectivity index (χ3v) is 2.57. The van der Waals surface area contributed by atoms with E-state index in [0.29, 0.717) is 12.2 Å². The molecule has 0 unspecified atom stereocenters. The Morgan fingerprint density at radius 1 is 1.44 bits per heavy atom. The predicted molar refractivity (Wildman–Crippen MR) is 69.3 cm³/mol. The van der Waals surface area contributed by atoms with Gasteiger partial charge in [0.15, 0.2) is 0 Å². The lowest BCUT2D eigenvalue weighted by Gasteiger charge is -2.17. The highest BCUT2D eigenvalue weighted by Crippen LogP contribution is 2.20. The molecule has 1 N–H and O–H groups in total. The van der Waals surface area contributed by atoms with E-state index >= 15 is 0 Å². The van der Waals surface area contributed by atoms with Crippen LogP contribution in [0.15, 0.2) is 22.8 Å². The van der Waals surface area contributed by atoms with Crippen molar-refractivity contribution in [3.8, 4) is 0 Å². The Balaban J connectivity index is 2.43. The van der Waals surface area contributed by atoms with Crippen LogP contribution in [0, 0.1) is 5.41 Å². The van der Waals surface area contributed by atoms with E-state index in [2.05, 4.69) is 47.0 Å². The second kappa shape index (κ2) is 5.43. The molecule has 0 aliphatic rings. The summed E-state index contributed by atoms with van der Waals surface area (Å²) in [6.45, 7) is 6.37. The normalized spacial score (nSPS) is 11.2. The van der Waals surface area contributed by atoms with E-state index in [1.807, 2.05) is 6.07 Å². The number of halogens is 1. The molecule has 0 radical (unpaired) electrons. The van der Waals surface area contributed by atoms with E-state index in [9.17, 15) is 4.79 Å². The van der Waals surface area contributed by atoms with Crippen LogP contribution in [0.2, 0.25) is 0 Å². The average Bonchev–Trinajstić information content (AvgIpc) is 2.18. The van der Waals surface area contributed by atoms with Crippen molar-refractivity contribution in [2.24, 2.45) is 5.41 Å². The van der Waals surface area contributed by atoms with E-state index in [-0.39, 0.29) is 11.3 Å². The standard InChI is InChI=1S/C12H17BrN2O/c1-12(2,3)7-6-11(16)15-10-5-4-9(13)8-14-10/h4-5,8H,6-7H2,1-3H3,(H,14,15,16). The van der Waals surface area contributed by atoms with Gasteiger partial charge in [-0.05, 0) is 39.9 Å². The fraction of sp³-hybridized carbons (Fsp3) is 0.500. The van der Waals surface area contributed by atoms with Gasteiger partial charge in [-0.25, -0.2) is 4.98 Å². The van der Waals surface area contributed by atoms with Crippen molar-refractivity contribution in [3.05, 3.63) is 22.8 Å². The Hall–Kier alpha value is -0.900. The van der Waals surface area contributed by atoms with Crippen molar-refractivity contribution in [1.29, 1.82) is 0 Å². The van der Waals surface area contributed by atoms with Crippen molar-refractivity contribution >= 4 is 27.7 Å². The van der Waals surface area contributed by atoms with Gasteiger partial charge in [-0.1, -0.05) is 20.8 Å². The number of carbonyl (C=O) groups excluding carboxylic acids is 1. The Bertz CT molecular complexity index is 354. The minimum atomic E-state index is 0.0183. The van der Waals surface area contributed by atoms with E-state index in [1.165, 1.54) is 0 Å². The number of anilines is 1. The van der Waals surface area contributed by atoms with Crippen LogP contribution in [0.5, 0.6) is 0 Å². The number of amides is 1. The maximum Gasteiger partial charge on any atom is 0.225 e. The van der Waals surface area contributed by atoms with E-state index < -0.39 is 0 Å². The molecule has 4 heteroatoms.